The summed E-state index contributed by atoms with van der Waals surface area (Å²) in [4.78, 5) is 2.05. The fourth-order valence-corrected chi connectivity index (χ4v) is 2.50. The molecule has 2 aromatic carbocycles. The van der Waals surface area contributed by atoms with E-state index in [4.69, 9.17) is 10.5 Å². The third kappa shape index (κ3) is 3.52. The van der Waals surface area contributed by atoms with Gasteiger partial charge in [-0.2, -0.15) is 0 Å². The molecule has 0 aliphatic carbocycles. The molecule has 1 atom stereocenters. The molecule has 0 aromatic heterocycles. The molecule has 4 heteroatoms. The standard InChI is InChI=1S/C17H21FN2O/c1-12(19)17-15(8-5-9-16(17)21-3)20(2)11-13-6-4-7-14(18)10-13/h4-10,12H,11,19H2,1-3H3/t12-/m0/s1. The summed E-state index contributed by atoms with van der Waals surface area (Å²) in [5, 5.41) is 0. The molecule has 0 radical (unpaired) electrons. The fraction of sp³-hybridized carbons (Fsp3) is 0.294. The molecule has 0 unspecified atom stereocenters. The van der Waals surface area contributed by atoms with Crippen molar-refractivity contribution >= 4 is 5.69 Å². The maximum absolute atomic E-state index is 13.3. The van der Waals surface area contributed by atoms with Crippen LogP contribution in [0, 0.1) is 5.82 Å². The zero-order valence-electron chi connectivity index (χ0n) is 12.6. The zero-order chi connectivity index (χ0) is 15.4. The second kappa shape index (κ2) is 6.59. The monoisotopic (exact) mass is 288 g/mol. The molecule has 3 nitrogen and oxygen atoms in total. The summed E-state index contributed by atoms with van der Waals surface area (Å²) in [5.41, 5.74) is 8.94. The molecule has 0 bridgehead atoms. The average Bonchev–Trinajstić information content (AvgIpc) is 2.46. The number of nitrogens with two attached hydrogens (primary N) is 1. The molecule has 0 fully saturated rings. The second-order valence-electron chi connectivity index (χ2n) is 5.17. The number of hydrogen-bond donors (Lipinski definition) is 1. The van der Waals surface area contributed by atoms with Crippen molar-refractivity contribution in [3.05, 3.63) is 59.4 Å². The van der Waals surface area contributed by atoms with Gasteiger partial charge in [0.2, 0.25) is 0 Å². The van der Waals surface area contributed by atoms with Gasteiger partial charge in [0.1, 0.15) is 11.6 Å². The first-order chi connectivity index (χ1) is 10.0. The highest BCUT2D eigenvalue weighted by molar-refractivity contribution is 5.60. The van der Waals surface area contributed by atoms with Crippen LogP contribution in [0.3, 0.4) is 0 Å². The maximum atomic E-state index is 13.3. The van der Waals surface area contributed by atoms with Gasteiger partial charge in [0.15, 0.2) is 0 Å². The predicted molar refractivity (Wildman–Crippen MR) is 84.1 cm³/mol. The molecule has 0 aliphatic heterocycles. The molecule has 112 valence electrons. The Morgan fingerprint density at radius 2 is 1.95 bits per heavy atom. The van der Waals surface area contributed by atoms with Crippen LogP contribution >= 0.6 is 0 Å². The van der Waals surface area contributed by atoms with Gasteiger partial charge in [0.25, 0.3) is 0 Å². The highest BCUT2D eigenvalue weighted by Crippen LogP contribution is 2.33. The van der Waals surface area contributed by atoms with Crippen LogP contribution in [0.1, 0.15) is 24.1 Å². The van der Waals surface area contributed by atoms with Gasteiger partial charge in [-0.3, -0.25) is 0 Å². The molecular formula is C17H21FN2O. The quantitative estimate of drug-likeness (QED) is 0.915. The molecule has 0 amide bonds. The van der Waals surface area contributed by atoms with E-state index in [1.54, 1.807) is 19.2 Å². The molecule has 2 N–H and O–H groups in total. The Bertz CT molecular complexity index is 613. The molecule has 0 aliphatic rings. The zero-order valence-corrected chi connectivity index (χ0v) is 12.6. The van der Waals surface area contributed by atoms with Crippen molar-refractivity contribution in [2.75, 3.05) is 19.1 Å². The van der Waals surface area contributed by atoms with Crippen LogP contribution in [-0.2, 0) is 6.54 Å². The fourth-order valence-electron chi connectivity index (χ4n) is 2.50. The normalized spacial score (nSPS) is 12.0. The van der Waals surface area contributed by atoms with E-state index in [1.165, 1.54) is 6.07 Å². The average molecular weight is 288 g/mol. The van der Waals surface area contributed by atoms with Crippen molar-refractivity contribution in [3.63, 3.8) is 0 Å². The molecule has 0 heterocycles. The lowest BCUT2D eigenvalue weighted by Gasteiger charge is -2.25. The second-order valence-corrected chi connectivity index (χ2v) is 5.17. The van der Waals surface area contributed by atoms with Crippen molar-refractivity contribution in [1.29, 1.82) is 0 Å². The van der Waals surface area contributed by atoms with Crippen molar-refractivity contribution in [2.24, 2.45) is 5.73 Å². The Hall–Kier alpha value is -2.07. The number of halogens is 1. The van der Waals surface area contributed by atoms with Gasteiger partial charge in [0, 0.05) is 30.9 Å². The van der Waals surface area contributed by atoms with Crippen molar-refractivity contribution in [2.45, 2.75) is 19.5 Å². The van der Waals surface area contributed by atoms with E-state index in [-0.39, 0.29) is 11.9 Å². The summed E-state index contributed by atoms with van der Waals surface area (Å²) in [5.74, 6) is 0.549. The molecule has 0 saturated heterocycles. The van der Waals surface area contributed by atoms with E-state index < -0.39 is 0 Å². The first kappa shape index (κ1) is 15.3. The minimum absolute atomic E-state index is 0.147. The third-order valence-electron chi connectivity index (χ3n) is 3.44. The Balaban J connectivity index is 2.32. The topological polar surface area (TPSA) is 38.5 Å². The minimum Gasteiger partial charge on any atom is -0.496 e. The van der Waals surface area contributed by atoms with Gasteiger partial charge in [-0.05, 0) is 36.8 Å². The van der Waals surface area contributed by atoms with Gasteiger partial charge < -0.3 is 15.4 Å². The summed E-state index contributed by atoms with van der Waals surface area (Å²) >= 11 is 0. The van der Waals surface area contributed by atoms with E-state index in [0.29, 0.717) is 6.54 Å². The largest absolute Gasteiger partial charge is 0.496 e. The van der Waals surface area contributed by atoms with Gasteiger partial charge in [-0.25, -0.2) is 4.39 Å². The van der Waals surface area contributed by atoms with Crippen LogP contribution < -0.4 is 15.4 Å². The van der Waals surface area contributed by atoms with Gasteiger partial charge in [-0.15, -0.1) is 0 Å². The van der Waals surface area contributed by atoms with Crippen LogP contribution in [0.25, 0.3) is 0 Å². The number of methoxy groups -OCH3 is 1. The highest BCUT2D eigenvalue weighted by atomic mass is 19.1. The maximum Gasteiger partial charge on any atom is 0.125 e. The van der Waals surface area contributed by atoms with Gasteiger partial charge in [0.05, 0.1) is 7.11 Å². The summed E-state index contributed by atoms with van der Waals surface area (Å²) < 4.78 is 18.7. The number of hydrogen-bond acceptors (Lipinski definition) is 3. The Morgan fingerprint density at radius 3 is 2.57 bits per heavy atom. The molecule has 21 heavy (non-hydrogen) atoms. The van der Waals surface area contributed by atoms with Crippen molar-refractivity contribution in [3.8, 4) is 5.75 Å². The van der Waals surface area contributed by atoms with Crippen LogP contribution in [0.4, 0.5) is 10.1 Å². The number of anilines is 1. The van der Waals surface area contributed by atoms with Gasteiger partial charge in [-0.1, -0.05) is 18.2 Å². The summed E-state index contributed by atoms with van der Waals surface area (Å²) in [7, 11) is 3.60. The third-order valence-corrected chi connectivity index (χ3v) is 3.44. The van der Waals surface area contributed by atoms with Crippen molar-refractivity contribution < 1.29 is 9.13 Å². The number of rotatable bonds is 5. The first-order valence-electron chi connectivity index (χ1n) is 6.91. The van der Waals surface area contributed by atoms with Crippen LogP contribution in [0.2, 0.25) is 0 Å². The van der Waals surface area contributed by atoms with E-state index in [2.05, 4.69) is 4.90 Å². The number of ether oxygens (including phenoxy) is 1. The van der Waals surface area contributed by atoms with Gasteiger partial charge >= 0.3 is 0 Å². The molecule has 2 rings (SSSR count). The molecule has 0 saturated carbocycles. The number of benzene rings is 2. The SMILES string of the molecule is COc1cccc(N(C)Cc2cccc(F)c2)c1[C@H](C)N. The first-order valence-corrected chi connectivity index (χ1v) is 6.91. The summed E-state index contributed by atoms with van der Waals surface area (Å²) in [6.07, 6.45) is 0. The highest BCUT2D eigenvalue weighted by Gasteiger charge is 2.16. The van der Waals surface area contributed by atoms with Crippen LogP contribution in [-0.4, -0.2) is 14.2 Å². The number of nitrogens with zero attached hydrogens (tertiary/aromatic N) is 1. The van der Waals surface area contributed by atoms with Crippen LogP contribution in [0.15, 0.2) is 42.5 Å². The van der Waals surface area contributed by atoms with E-state index in [9.17, 15) is 4.39 Å². The van der Waals surface area contributed by atoms with Crippen molar-refractivity contribution in [1.82, 2.24) is 0 Å². The lowest BCUT2D eigenvalue weighted by atomic mass is 10.0. The minimum atomic E-state index is -0.223. The van der Waals surface area contributed by atoms with E-state index >= 15 is 0 Å². The Labute approximate surface area is 125 Å². The summed E-state index contributed by atoms with van der Waals surface area (Å²) in [6.45, 7) is 2.53. The predicted octanol–water partition coefficient (Wildman–Crippen LogP) is 3.49. The molecule has 2 aromatic rings. The Morgan fingerprint density at radius 1 is 1.24 bits per heavy atom. The molecular weight excluding hydrogens is 267 g/mol. The lowest BCUT2D eigenvalue weighted by Crippen LogP contribution is -2.20. The smallest absolute Gasteiger partial charge is 0.125 e. The Kier molecular flexibility index (Phi) is 4.81. The van der Waals surface area contributed by atoms with Crippen LogP contribution in [0.5, 0.6) is 5.75 Å². The van der Waals surface area contributed by atoms with E-state index in [0.717, 1.165) is 22.6 Å². The lowest BCUT2D eigenvalue weighted by molar-refractivity contribution is 0.407. The summed E-state index contributed by atoms with van der Waals surface area (Å²) in [6, 6.07) is 12.3. The van der Waals surface area contributed by atoms with E-state index in [1.807, 2.05) is 38.2 Å². The molecule has 0 spiro atoms.